The van der Waals surface area contributed by atoms with Gasteiger partial charge in [-0.25, -0.2) is 0 Å². The van der Waals surface area contributed by atoms with E-state index in [9.17, 15) is 0 Å². The molecule has 1 aliphatic heterocycles. The molecule has 0 radical (unpaired) electrons. The number of ether oxygens (including phenoxy) is 2. The van der Waals surface area contributed by atoms with Crippen LogP contribution in [-0.4, -0.2) is 31.8 Å². The zero-order valence-corrected chi connectivity index (χ0v) is 14.2. The van der Waals surface area contributed by atoms with Gasteiger partial charge in [-0.3, -0.25) is 0 Å². The number of rotatable bonds is 7. The second-order valence-corrected chi connectivity index (χ2v) is 7.03. The monoisotopic (exact) mass is 309 g/mol. The summed E-state index contributed by atoms with van der Waals surface area (Å²) in [7, 11) is 3.42. The molecule has 118 valence electrons. The maximum Gasteiger partial charge on any atom is 0.124 e. The lowest BCUT2D eigenvalue weighted by Gasteiger charge is -2.24. The van der Waals surface area contributed by atoms with Gasteiger partial charge in [0.1, 0.15) is 5.75 Å². The SMILES string of the molecule is COCc1cc(C(C)NCC2CCCCS2)ccc1OC. The molecule has 1 aromatic rings. The van der Waals surface area contributed by atoms with E-state index in [-0.39, 0.29) is 0 Å². The van der Waals surface area contributed by atoms with Gasteiger partial charge in [0, 0.05) is 30.5 Å². The normalized spacial score (nSPS) is 20.2. The van der Waals surface area contributed by atoms with Crippen LogP contribution in [0.3, 0.4) is 0 Å². The molecule has 2 unspecified atom stereocenters. The quantitative estimate of drug-likeness (QED) is 0.830. The van der Waals surface area contributed by atoms with Crippen LogP contribution in [0.4, 0.5) is 0 Å². The van der Waals surface area contributed by atoms with Gasteiger partial charge in [0.05, 0.1) is 13.7 Å². The van der Waals surface area contributed by atoms with Gasteiger partial charge < -0.3 is 14.8 Å². The van der Waals surface area contributed by atoms with Gasteiger partial charge in [0.25, 0.3) is 0 Å². The van der Waals surface area contributed by atoms with E-state index in [0.717, 1.165) is 23.1 Å². The van der Waals surface area contributed by atoms with E-state index in [0.29, 0.717) is 12.6 Å². The van der Waals surface area contributed by atoms with E-state index < -0.39 is 0 Å². The van der Waals surface area contributed by atoms with Crippen LogP contribution in [0.25, 0.3) is 0 Å². The van der Waals surface area contributed by atoms with Crippen molar-refractivity contribution in [1.82, 2.24) is 5.32 Å². The average Bonchev–Trinajstić information content (AvgIpc) is 2.54. The van der Waals surface area contributed by atoms with Crippen LogP contribution in [0.15, 0.2) is 18.2 Å². The largest absolute Gasteiger partial charge is 0.496 e. The first-order chi connectivity index (χ1) is 10.2. The lowest BCUT2D eigenvalue weighted by molar-refractivity contribution is 0.181. The first-order valence-electron chi connectivity index (χ1n) is 7.75. The Bertz CT molecular complexity index is 433. The molecule has 1 saturated heterocycles. The standard InChI is InChI=1S/C17H27NO2S/c1-13(18-11-16-6-4-5-9-21-16)14-7-8-17(20-3)15(10-14)12-19-2/h7-8,10,13,16,18H,4-6,9,11-12H2,1-3H3. The molecular weight excluding hydrogens is 282 g/mol. The van der Waals surface area contributed by atoms with Crippen molar-refractivity contribution in [2.24, 2.45) is 0 Å². The molecule has 0 bridgehead atoms. The van der Waals surface area contributed by atoms with Crippen LogP contribution in [-0.2, 0) is 11.3 Å². The van der Waals surface area contributed by atoms with Crippen molar-refractivity contribution in [3.05, 3.63) is 29.3 Å². The predicted molar refractivity (Wildman–Crippen MR) is 90.2 cm³/mol. The fraction of sp³-hybridized carbons (Fsp3) is 0.647. The van der Waals surface area contributed by atoms with E-state index in [1.165, 1.54) is 30.6 Å². The van der Waals surface area contributed by atoms with E-state index >= 15 is 0 Å². The highest BCUT2D eigenvalue weighted by atomic mass is 32.2. The van der Waals surface area contributed by atoms with Gasteiger partial charge in [0.2, 0.25) is 0 Å². The van der Waals surface area contributed by atoms with Crippen LogP contribution in [0.1, 0.15) is 43.4 Å². The van der Waals surface area contributed by atoms with E-state index in [1.807, 2.05) is 6.07 Å². The van der Waals surface area contributed by atoms with Gasteiger partial charge in [-0.1, -0.05) is 12.5 Å². The summed E-state index contributed by atoms with van der Waals surface area (Å²) in [5.74, 6) is 2.22. The summed E-state index contributed by atoms with van der Waals surface area (Å²) in [5, 5.41) is 4.45. The fourth-order valence-corrected chi connectivity index (χ4v) is 3.98. The lowest BCUT2D eigenvalue weighted by atomic mass is 10.0. The van der Waals surface area contributed by atoms with Crippen molar-refractivity contribution in [2.45, 2.75) is 44.1 Å². The minimum absolute atomic E-state index is 0.356. The van der Waals surface area contributed by atoms with Crippen LogP contribution in [0, 0.1) is 0 Å². The summed E-state index contributed by atoms with van der Waals surface area (Å²) >= 11 is 2.12. The maximum absolute atomic E-state index is 5.38. The van der Waals surface area contributed by atoms with Crippen LogP contribution in [0.2, 0.25) is 0 Å². The fourth-order valence-electron chi connectivity index (χ4n) is 2.73. The number of methoxy groups -OCH3 is 2. The van der Waals surface area contributed by atoms with Gasteiger partial charge >= 0.3 is 0 Å². The Kier molecular flexibility index (Phi) is 6.87. The molecular formula is C17H27NO2S. The summed E-state index contributed by atoms with van der Waals surface area (Å²) in [4.78, 5) is 0. The van der Waals surface area contributed by atoms with Crippen molar-refractivity contribution in [2.75, 3.05) is 26.5 Å². The van der Waals surface area contributed by atoms with Crippen molar-refractivity contribution in [3.63, 3.8) is 0 Å². The first kappa shape index (κ1) is 16.7. The third-order valence-corrected chi connectivity index (χ3v) is 5.43. The van der Waals surface area contributed by atoms with E-state index in [4.69, 9.17) is 9.47 Å². The topological polar surface area (TPSA) is 30.5 Å². The molecule has 1 aliphatic rings. The Morgan fingerprint density at radius 3 is 2.86 bits per heavy atom. The summed E-state index contributed by atoms with van der Waals surface area (Å²) in [6, 6.07) is 6.73. The predicted octanol–water partition coefficient (Wildman–Crippen LogP) is 3.78. The minimum atomic E-state index is 0.356. The van der Waals surface area contributed by atoms with E-state index in [1.54, 1.807) is 14.2 Å². The third-order valence-electron chi connectivity index (χ3n) is 4.03. The number of thioether (sulfide) groups is 1. The summed E-state index contributed by atoms with van der Waals surface area (Å²) < 4.78 is 10.6. The summed E-state index contributed by atoms with van der Waals surface area (Å²) in [5.41, 5.74) is 2.40. The second kappa shape index (κ2) is 8.66. The smallest absolute Gasteiger partial charge is 0.124 e. The number of hydrogen-bond donors (Lipinski definition) is 1. The molecule has 0 saturated carbocycles. The molecule has 2 rings (SSSR count). The molecule has 0 spiro atoms. The first-order valence-corrected chi connectivity index (χ1v) is 8.80. The van der Waals surface area contributed by atoms with E-state index in [2.05, 4.69) is 36.1 Å². The minimum Gasteiger partial charge on any atom is -0.496 e. The summed E-state index contributed by atoms with van der Waals surface area (Å²) in [6.45, 7) is 3.91. The Balaban J connectivity index is 1.94. The highest BCUT2D eigenvalue weighted by Gasteiger charge is 2.15. The summed E-state index contributed by atoms with van der Waals surface area (Å²) in [6.07, 6.45) is 4.12. The molecule has 3 nitrogen and oxygen atoms in total. The second-order valence-electron chi connectivity index (χ2n) is 5.62. The molecule has 1 aromatic carbocycles. The van der Waals surface area contributed by atoms with Crippen molar-refractivity contribution in [1.29, 1.82) is 0 Å². The molecule has 1 heterocycles. The molecule has 1 fully saturated rings. The van der Waals surface area contributed by atoms with Crippen LogP contribution < -0.4 is 10.1 Å². The Hall–Kier alpha value is -0.710. The highest BCUT2D eigenvalue weighted by molar-refractivity contribution is 7.99. The molecule has 0 aromatic heterocycles. The van der Waals surface area contributed by atoms with Crippen LogP contribution >= 0.6 is 11.8 Å². The zero-order valence-electron chi connectivity index (χ0n) is 13.4. The van der Waals surface area contributed by atoms with Gasteiger partial charge in [0.15, 0.2) is 0 Å². The zero-order chi connectivity index (χ0) is 15.1. The Morgan fingerprint density at radius 1 is 1.33 bits per heavy atom. The third kappa shape index (κ3) is 4.90. The van der Waals surface area contributed by atoms with Gasteiger partial charge in [-0.2, -0.15) is 11.8 Å². The number of nitrogens with one attached hydrogen (secondary N) is 1. The molecule has 21 heavy (non-hydrogen) atoms. The average molecular weight is 309 g/mol. The van der Waals surface area contributed by atoms with Gasteiger partial charge in [-0.05, 0) is 43.2 Å². The number of hydrogen-bond acceptors (Lipinski definition) is 4. The molecule has 2 atom stereocenters. The lowest BCUT2D eigenvalue weighted by Crippen LogP contribution is -2.29. The number of benzene rings is 1. The van der Waals surface area contributed by atoms with Crippen molar-refractivity contribution < 1.29 is 9.47 Å². The Morgan fingerprint density at radius 2 is 2.19 bits per heavy atom. The molecule has 4 heteroatoms. The van der Waals surface area contributed by atoms with Crippen LogP contribution in [0.5, 0.6) is 5.75 Å². The molecule has 0 amide bonds. The maximum atomic E-state index is 5.38. The van der Waals surface area contributed by atoms with Gasteiger partial charge in [-0.15, -0.1) is 0 Å². The van der Waals surface area contributed by atoms with Crippen molar-refractivity contribution in [3.8, 4) is 5.75 Å². The van der Waals surface area contributed by atoms with Crippen molar-refractivity contribution >= 4 is 11.8 Å². The Labute approximate surface area is 132 Å². The highest BCUT2D eigenvalue weighted by Crippen LogP contribution is 2.26. The molecule has 1 N–H and O–H groups in total. The molecule has 0 aliphatic carbocycles.